The minimum atomic E-state index is -0.0972. The average Bonchev–Trinajstić information content (AvgIpc) is 3.16. The molecule has 0 saturated carbocycles. The van der Waals surface area contributed by atoms with Crippen LogP contribution in [0.4, 0.5) is 0 Å². The third-order valence-corrected chi connectivity index (χ3v) is 4.92. The lowest BCUT2D eigenvalue weighted by atomic mass is 10.1. The third-order valence-electron chi connectivity index (χ3n) is 4.92. The molecule has 7 heteroatoms. The average molecular weight is 334 g/mol. The Hall–Kier alpha value is -1.86. The van der Waals surface area contributed by atoms with Crippen LogP contribution < -0.4 is 5.32 Å². The van der Waals surface area contributed by atoms with Crippen LogP contribution in [0.5, 0.6) is 0 Å². The molecule has 1 unspecified atom stereocenters. The van der Waals surface area contributed by atoms with Gasteiger partial charge in [0.15, 0.2) is 5.76 Å². The van der Waals surface area contributed by atoms with E-state index in [1.165, 1.54) is 12.7 Å². The molecule has 0 spiro atoms. The van der Waals surface area contributed by atoms with Crippen LogP contribution >= 0.6 is 0 Å². The molecule has 2 saturated heterocycles. The Morgan fingerprint density at radius 3 is 2.62 bits per heavy atom. The molecular formula is C17H26N4O3. The van der Waals surface area contributed by atoms with Crippen molar-refractivity contribution < 1.29 is 14.0 Å². The van der Waals surface area contributed by atoms with E-state index in [2.05, 4.69) is 10.2 Å². The molecule has 0 aromatic carbocycles. The Bertz CT molecular complexity index is 552. The SMILES string of the molecule is CNC1CCCN(CC(=O)N2CCN(C(=O)c3ccco3)CC2)C1. The highest BCUT2D eigenvalue weighted by atomic mass is 16.3. The Morgan fingerprint density at radius 1 is 1.21 bits per heavy atom. The van der Waals surface area contributed by atoms with Gasteiger partial charge in [0.25, 0.3) is 5.91 Å². The Balaban J connectivity index is 1.46. The second-order valence-electron chi connectivity index (χ2n) is 6.51. The summed E-state index contributed by atoms with van der Waals surface area (Å²) in [6.07, 6.45) is 3.81. The van der Waals surface area contributed by atoms with E-state index < -0.39 is 0 Å². The second-order valence-corrected chi connectivity index (χ2v) is 6.51. The molecule has 1 atom stereocenters. The number of likely N-dealkylation sites (tertiary alicyclic amines) is 1. The molecule has 0 radical (unpaired) electrons. The molecule has 0 aliphatic carbocycles. The lowest BCUT2D eigenvalue weighted by Crippen LogP contribution is -2.54. The number of nitrogens with zero attached hydrogens (tertiary/aromatic N) is 3. The van der Waals surface area contributed by atoms with Crippen LogP contribution in [0.25, 0.3) is 0 Å². The van der Waals surface area contributed by atoms with Gasteiger partial charge in [0.1, 0.15) is 0 Å². The van der Waals surface area contributed by atoms with Crippen LogP contribution in [0, 0.1) is 0 Å². The lowest BCUT2D eigenvalue weighted by molar-refractivity contribution is -0.134. The summed E-state index contributed by atoms with van der Waals surface area (Å²) >= 11 is 0. The number of hydrogen-bond donors (Lipinski definition) is 1. The fourth-order valence-corrected chi connectivity index (χ4v) is 3.44. The van der Waals surface area contributed by atoms with E-state index in [-0.39, 0.29) is 11.8 Å². The molecule has 3 rings (SSSR count). The first-order valence-corrected chi connectivity index (χ1v) is 8.67. The van der Waals surface area contributed by atoms with Gasteiger partial charge in [-0.1, -0.05) is 0 Å². The number of piperidine rings is 1. The molecule has 132 valence electrons. The van der Waals surface area contributed by atoms with Gasteiger partial charge in [0.05, 0.1) is 12.8 Å². The first-order valence-electron chi connectivity index (χ1n) is 8.67. The van der Waals surface area contributed by atoms with Crippen molar-refractivity contribution in [2.24, 2.45) is 0 Å². The van der Waals surface area contributed by atoms with Crippen LogP contribution in [0.1, 0.15) is 23.4 Å². The monoisotopic (exact) mass is 334 g/mol. The predicted molar refractivity (Wildman–Crippen MR) is 89.7 cm³/mol. The smallest absolute Gasteiger partial charge is 0.289 e. The van der Waals surface area contributed by atoms with Gasteiger partial charge in [0.2, 0.25) is 5.91 Å². The number of furan rings is 1. The normalized spacial score (nSPS) is 22.6. The maximum absolute atomic E-state index is 12.5. The van der Waals surface area contributed by atoms with Gasteiger partial charge in [-0.25, -0.2) is 0 Å². The fraction of sp³-hybridized carbons (Fsp3) is 0.647. The van der Waals surface area contributed by atoms with Crippen molar-refractivity contribution in [3.63, 3.8) is 0 Å². The first kappa shape index (κ1) is 17.0. The summed E-state index contributed by atoms with van der Waals surface area (Å²) in [7, 11) is 1.98. The van der Waals surface area contributed by atoms with Gasteiger partial charge in [-0.05, 0) is 38.6 Å². The van der Waals surface area contributed by atoms with Crippen LogP contribution in [0.15, 0.2) is 22.8 Å². The molecule has 1 aromatic heterocycles. The van der Waals surface area contributed by atoms with E-state index in [1.807, 2.05) is 11.9 Å². The van der Waals surface area contributed by atoms with Crippen LogP contribution in [-0.4, -0.2) is 85.4 Å². The zero-order valence-electron chi connectivity index (χ0n) is 14.2. The summed E-state index contributed by atoms with van der Waals surface area (Å²) in [5, 5.41) is 3.30. The second kappa shape index (κ2) is 7.81. The van der Waals surface area contributed by atoms with E-state index in [1.54, 1.807) is 17.0 Å². The van der Waals surface area contributed by atoms with E-state index in [0.29, 0.717) is 44.5 Å². The Kier molecular flexibility index (Phi) is 5.52. The molecule has 1 aromatic rings. The molecular weight excluding hydrogens is 308 g/mol. The molecule has 0 bridgehead atoms. The van der Waals surface area contributed by atoms with E-state index >= 15 is 0 Å². The van der Waals surface area contributed by atoms with Crippen molar-refractivity contribution in [3.05, 3.63) is 24.2 Å². The number of amides is 2. The molecule has 2 fully saturated rings. The molecule has 3 heterocycles. The number of piperazine rings is 1. The fourth-order valence-electron chi connectivity index (χ4n) is 3.44. The van der Waals surface area contributed by atoms with Crippen molar-refractivity contribution >= 4 is 11.8 Å². The van der Waals surface area contributed by atoms with Gasteiger partial charge in [0, 0.05) is 38.8 Å². The zero-order valence-corrected chi connectivity index (χ0v) is 14.2. The minimum absolute atomic E-state index is 0.0972. The van der Waals surface area contributed by atoms with Crippen molar-refractivity contribution in [2.45, 2.75) is 18.9 Å². The number of likely N-dealkylation sites (N-methyl/N-ethyl adjacent to an activating group) is 1. The van der Waals surface area contributed by atoms with Crippen molar-refractivity contribution in [2.75, 3.05) is 52.9 Å². The van der Waals surface area contributed by atoms with Crippen LogP contribution in [0.3, 0.4) is 0 Å². The minimum Gasteiger partial charge on any atom is -0.459 e. The number of rotatable bonds is 4. The topological polar surface area (TPSA) is 69.0 Å². The largest absolute Gasteiger partial charge is 0.459 e. The first-order chi connectivity index (χ1) is 11.7. The lowest BCUT2D eigenvalue weighted by Gasteiger charge is -2.37. The molecule has 2 amide bonds. The van der Waals surface area contributed by atoms with Crippen molar-refractivity contribution in [3.8, 4) is 0 Å². The molecule has 2 aliphatic heterocycles. The highest BCUT2D eigenvalue weighted by molar-refractivity contribution is 5.91. The summed E-state index contributed by atoms with van der Waals surface area (Å²) in [6.45, 7) is 4.70. The third kappa shape index (κ3) is 3.96. The van der Waals surface area contributed by atoms with E-state index in [4.69, 9.17) is 4.42 Å². The Labute approximate surface area is 142 Å². The number of hydrogen-bond acceptors (Lipinski definition) is 5. The van der Waals surface area contributed by atoms with Gasteiger partial charge in [-0.15, -0.1) is 0 Å². The van der Waals surface area contributed by atoms with Crippen molar-refractivity contribution in [1.29, 1.82) is 0 Å². The van der Waals surface area contributed by atoms with Crippen LogP contribution in [0.2, 0.25) is 0 Å². The van der Waals surface area contributed by atoms with E-state index in [0.717, 1.165) is 19.5 Å². The number of carbonyl (C=O) groups excluding carboxylic acids is 2. The van der Waals surface area contributed by atoms with Gasteiger partial charge in [-0.2, -0.15) is 0 Å². The number of nitrogens with one attached hydrogen (secondary N) is 1. The summed E-state index contributed by atoms with van der Waals surface area (Å²) in [5.41, 5.74) is 0. The number of carbonyl (C=O) groups is 2. The molecule has 2 aliphatic rings. The highest BCUT2D eigenvalue weighted by Gasteiger charge is 2.28. The maximum Gasteiger partial charge on any atom is 0.289 e. The van der Waals surface area contributed by atoms with Gasteiger partial charge in [-0.3, -0.25) is 14.5 Å². The maximum atomic E-state index is 12.5. The summed E-state index contributed by atoms with van der Waals surface area (Å²) in [5.74, 6) is 0.429. The standard InChI is InChI=1S/C17H26N4O3/c1-18-14-4-2-6-19(12-14)13-16(22)20-7-9-21(10-8-20)17(23)15-5-3-11-24-15/h3,5,11,14,18H,2,4,6-10,12-13H2,1H3. The summed E-state index contributed by atoms with van der Waals surface area (Å²) in [4.78, 5) is 30.6. The Morgan fingerprint density at radius 2 is 1.96 bits per heavy atom. The van der Waals surface area contributed by atoms with E-state index in [9.17, 15) is 9.59 Å². The molecule has 24 heavy (non-hydrogen) atoms. The summed E-state index contributed by atoms with van der Waals surface area (Å²) < 4.78 is 5.16. The van der Waals surface area contributed by atoms with Crippen molar-refractivity contribution in [1.82, 2.24) is 20.0 Å². The highest BCUT2D eigenvalue weighted by Crippen LogP contribution is 2.12. The quantitative estimate of drug-likeness (QED) is 0.855. The van der Waals surface area contributed by atoms with Gasteiger partial charge >= 0.3 is 0 Å². The predicted octanol–water partition coefficient (Wildman–Crippen LogP) is 0.248. The molecule has 1 N–H and O–H groups in total. The van der Waals surface area contributed by atoms with Gasteiger partial charge < -0.3 is 19.5 Å². The summed E-state index contributed by atoms with van der Waals surface area (Å²) in [6, 6.07) is 3.87. The van der Waals surface area contributed by atoms with Crippen LogP contribution in [-0.2, 0) is 4.79 Å². The zero-order chi connectivity index (χ0) is 16.9. The molecule has 7 nitrogen and oxygen atoms in total.